The lowest BCUT2D eigenvalue weighted by atomic mass is 10.0. The van der Waals surface area contributed by atoms with E-state index in [1.165, 1.54) is 6.20 Å². The molecule has 0 saturated carbocycles. The highest BCUT2D eigenvalue weighted by atomic mass is 19.1. The van der Waals surface area contributed by atoms with E-state index in [1.807, 2.05) is 6.07 Å². The zero-order valence-corrected chi connectivity index (χ0v) is 15.2. The van der Waals surface area contributed by atoms with Gasteiger partial charge in [0.15, 0.2) is 5.65 Å². The van der Waals surface area contributed by atoms with E-state index >= 15 is 0 Å². The van der Waals surface area contributed by atoms with Crippen LogP contribution in [0.1, 0.15) is 41.2 Å². The van der Waals surface area contributed by atoms with E-state index in [9.17, 15) is 9.18 Å². The van der Waals surface area contributed by atoms with Crippen LogP contribution >= 0.6 is 0 Å². The average molecular weight is 381 g/mol. The molecule has 1 amide bonds. The molecule has 2 aliphatic heterocycles. The Hall–Kier alpha value is -3.23. The number of hydrogen-bond donors (Lipinski definition) is 2. The molecule has 0 aliphatic carbocycles. The van der Waals surface area contributed by atoms with Crippen molar-refractivity contribution in [3.8, 4) is 0 Å². The Morgan fingerprint density at radius 1 is 1.18 bits per heavy atom. The van der Waals surface area contributed by atoms with Gasteiger partial charge in [-0.2, -0.15) is 5.10 Å². The van der Waals surface area contributed by atoms with Gasteiger partial charge in [0.1, 0.15) is 23.0 Å². The van der Waals surface area contributed by atoms with Crippen LogP contribution in [0.2, 0.25) is 0 Å². The lowest BCUT2D eigenvalue weighted by Crippen LogP contribution is -2.28. The molecule has 2 aliphatic rings. The summed E-state index contributed by atoms with van der Waals surface area (Å²) in [4.78, 5) is 23.7. The third kappa shape index (κ3) is 2.83. The van der Waals surface area contributed by atoms with E-state index < -0.39 is 0 Å². The third-order valence-electron chi connectivity index (χ3n) is 5.32. The van der Waals surface area contributed by atoms with E-state index in [-0.39, 0.29) is 17.8 Å². The molecule has 0 radical (unpaired) electrons. The summed E-state index contributed by atoms with van der Waals surface area (Å²) in [6.07, 6.45) is 7.16. The fraction of sp³-hybridized carbons (Fsp3) is 0.368. The molecule has 2 bridgehead atoms. The first-order chi connectivity index (χ1) is 13.7. The van der Waals surface area contributed by atoms with Gasteiger partial charge in [0, 0.05) is 31.4 Å². The summed E-state index contributed by atoms with van der Waals surface area (Å²) in [6.45, 7) is 1.94. The number of amides is 1. The van der Waals surface area contributed by atoms with Crippen LogP contribution in [0.25, 0.3) is 5.65 Å². The number of hydrogen-bond acceptors (Lipinski definition) is 6. The Bertz CT molecular complexity index is 1050. The number of carbonyl (C=O) groups excluding carboxylic acids is 1. The molecule has 3 aromatic rings. The van der Waals surface area contributed by atoms with Crippen LogP contribution in [0.4, 0.5) is 16.0 Å². The lowest BCUT2D eigenvalue weighted by Gasteiger charge is -2.27. The predicted octanol–water partition coefficient (Wildman–Crippen LogP) is 2.15. The van der Waals surface area contributed by atoms with E-state index in [4.69, 9.17) is 4.98 Å². The second-order valence-electron chi connectivity index (χ2n) is 7.09. The summed E-state index contributed by atoms with van der Waals surface area (Å²) >= 11 is 0. The molecule has 5 rings (SSSR count). The van der Waals surface area contributed by atoms with Crippen LogP contribution in [0.5, 0.6) is 0 Å². The van der Waals surface area contributed by atoms with Crippen LogP contribution in [-0.2, 0) is 0 Å². The molecule has 0 spiro atoms. The van der Waals surface area contributed by atoms with Crippen molar-refractivity contribution < 1.29 is 9.18 Å². The summed E-state index contributed by atoms with van der Waals surface area (Å²) in [5, 5.41) is 10.4. The fourth-order valence-electron chi connectivity index (χ4n) is 3.99. The summed E-state index contributed by atoms with van der Waals surface area (Å²) in [5.41, 5.74) is 1.82. The molecule has 5 heterocycles. The summed E-state index contributed by atoms with van der Waals surface area (Å²) < 4.78 is 15.6. The van der Waals surface area contributed by atoms with Crippen LogP contribution in [0.3, 0.4) is 0 Å². The Balaban J connectivity index is 1.65. The molecule has 144 valence electrons. The number of halogens is 1. The molecule has 8 nitrogen and oxygen atoms in total. The normalized spacial score (nSPS) is 19.7. The van der Waals surface area contributed by atoms with Gasteiger partial charge in [-0.1, -0.05) is 0 Å². The van der Waals surface area contributed by atoms with Crippen LogP contribution in [0.15, 0.2) is 30.7 Å². The van der Waals surface area contributed by atoms with Gasteiger partial charge in [-0.25, -0.2) is 18.9 Å². The molecule has 2 N–H and O–H groups in total. The number of aromatic nitrogens is 4. The Kier molecular flexibility index (Phi) is 4.07. The summed E-state index contributed by atoms with van der Waals surface area (Å²) in [6, 6.07) is 3.42. The molecule has 0 unspecified atom stereocenters. The van der Waals surface area contributed by atoms with Crippen LogP contribution in [-0.4, -0.2) is 45.1 Å². The second-order valence-corrected chi connectivity index (χ2v) is 7.09. The quantitative estimate of drug-likeness (QED) is 0.621. The Morgan fingerprint density at radius 3 is 3.00 bits per heavy atom. The first kappa shape index (κ1) is 16.9. The molecule has 0 aromatic carbocycles. The largest absolute Gasteiger partial charge is 0.370 e. The number of pyridine rings is 1. The van der Waals surface area contributed by atoms with Crippen molar-refractivity contribution in [1.29, 1.82) is 0 Å². The lowest BCUT2D eigenvalue weighted by molar-refractivity contribution is 0.0955. The average Bonchev–Trinajstić information content (AvgIpc) is 3.34. The Labute approximate surface area is 160 Å². The molecule has 9 heteroatoms. The van der Waals surface area contributed by atoms with Crippen molar-refractivity contribution in [1.82, 2.24) is 24.9 Å². The maximum atomic E-state index is 14.0. The fourth-order valence-corrected chi connectivity index (χ4v) is 3.99. The first-order valence-corrected chi connectivity index (χ1v) is 9.49. The van der Waals surface area contributed by atoms with Crippen molar-refractivity contribution in [3.63, 3.8) is 0 Å². The monoisotopic (exact) mass is 381 g/mol. The van der Waals surface area contributed by atoms with Gasteiger partial charge in [0.05, 0.1) is 18.4 Å². The molecular formula is C19H20FN7O. The Morgan fingerprint density at radius 2 is 2.07 bits per heavy atom. The van der Waals surface area contributed by atoms with E-state index in [0.29, 0.717) is 30.1 Å². The molecule has 28 heavy (non-hydrogen) atoms. The van der Waals surface area contributed by atoms with Gasteiger partial charge >= 0.3 is 0 Å². The van der Waals surface area contributed by atoms with E-state index in [2.05, 4.69) is 25.6 Å². The molecule has 1 fully saturated rings. The number of nitrogens with zero attached hydrogens (tertiary/aromatic N) is 5. The van der Waals surface area contributed by atoms with Crippen LogP contribution < -0.4 is 15.5 Å². The van der Waals surface area contributed by atoms with Gasteiger partial charge in [-0.05, 0) is 31.4 Å². The van der Waals surface area contributed by atoms with Crippen molar-refractivity contribution in [3.05, 3.63) is 47.7 Å². The summed E-state index contributed by atoms with van der Waals surface area (Å²) in [7, 11) is 0. The van der Waals surface area contributed by atoms with Crippen molar-refractivity contribution in [2.45, 2.75) is 25.3 Å². The topological polar surface area (TPSA) is 87.5 Å². The van der Waals surface area contributed by atoms with Gasteiger partial charge in [-0.3, -0.25) is 4.79 Å². The zero-order chi connectivity index (χ0) is 19.1. The second kappa shape index (κ2) is 6.74. The van der Waals surface area contributed by atoms with Gasteiger partial charge in [0.2, 0.25) is 0 Å². The van der Waals surface area contributed by atoms with E-state index in [1.54, 1.807) is 23.0 Å². The van der Waals surface area contributed by atoms with Gasteiger partial charge < -0.3 is 15.5 Å². The minimum Gasteiger partial charge on any atom is -0.370 e. The number of anilines is 2. The van der Waals surface area contributed by atoms with Crippen molar-refractivity contribution in [2.75, 3.05) is 29.9 Å². The number of nitrogens with one attached hydrogen (secondary N) is 2. The predicted molar refractivity (Wildman–Crippen MR) is 102 cm³/mol. The molecule has 3 aromatic heterocycles. The van der Waals surface area contributed by atoms with Gasteiger partial charge in [-0.15, -0.1) is 0 Å². The summed E-state index contributed by atoms with van der Waals surface area (Å²) in [5.74, 6) is 0.905. The number of carbonyl (C=O) groups is 1. The molecule has 1 atom stereocenters. The van der Waals surface area contributed by atoms with Crippen molar-refractivity contribution >= 4 is 23.2 Å². The third-order valence-corrected chi connectivity index (χ3v) is 5.32. The zero-order valence-electron chi connectivity index (χ0n) is 15.2. The number of rotatable bonds is 0. The van der Waals surface area contributed by atoms with Gasteiger partial charge in [0.25, 0.3) is 5.91 Å². The van der Waals surface area contributed by atoms with E-state index in [0.717, 1.165) is 37.2 Å². The minimum atomic E-state index is -0.345. The molecule has 1 saturated heterocycles. The highest BCUT2D eigenvalue weighted by molar-refractivity contribution is 5.99. The maximum absolute atomic E-state index is 14.0. The SMILES string of the molecule is O=C1NCCCNc2ncc(F)cc2[C@H]2CCCN2c2ccn3ncc1c3n2. The highest BCUT2D eigenvalue weighted by Crippen LogP contribution is 2.38. The van der Waals surface area contributed by atoms with Crippen molar-refractivity contribution in [2.24, 2.45) is 0 Å². The maximum Gasteiger partial charge on any atom is 0.256 e. The minimum absolute atomic E-state index is 0.0243. The smallest absolute Gasteiger partial charge is 0.256 e. The molecular weight excluding hydrogens is 361 g/mol. The standard InChI is InChI=1S/C19H20FN7O/c20-12-9-13-15-3-1-7-26(15)16-4-8-27-18(25-16)14(11-24-27)19(28)22-6-2-5-21-17(13)23-10-12/h4,8-11,15H,1-3,5-7H2,(H,21,23)(H,22,28)/t15-/m1/s1. The number of fused-ring (bicyclic) bond motifs is 5. The van der Waals surface area contributed by atoms with Crippen LogP contribution in [0, 0.1) is 5.82 Å². The highest BCUT2D eigenvalue weighted by Gasteiger charge is 2.30. The first-order valence-electron chi connectivity index (χ1n) is 9.49.